The highest BCUT2D eigenvalue weighted by Gasteiger charge is 2.36. The molecular weight excluding hydrogens is 334 g/mol. The summed E-state index contributed by atoms with van der Waals surface area (Å²) in [6.07, 6.45) is 2.13. The second kappa shape index (κ2) is 5.42. The van der Waals surface area contributed by atoms with Crippen LogP contribution in [0.25, 0.3) is 0 Å². The summed E-state index contributed by atoms with van der Waals surface area (Å²) < 4.78 is 11.0. The molecule has 0 saturated carbocycles. The van der Waals surface area contributed by atoms with E-state index < -0.39 is 0 Å². The van der Waals surface area contributed by atoms with Gasteiger partial charge in [0, 0.05) is 35.4 Å². The predicted octanol–water partition coefficient (Wildman–Crippen LogP) is 3.39. The molecule has 3 aliphatic rings. The molecule has 0 radical (unpaired) electrons. The second-order valence-corrected chi connectivity index (χ2v) is 6.77. The molecule has 2 aromatic rings. The minimum atomic E-state index is -0.324. The number of ether oxygens (including phenoxy) is 2. The Hall–Kier alpha value is -3.15. The number of allylic oxidation sites excluding steroid dienone is 2. The molecule has 0 unspecified atom stereocenters. The molecule has 5 rings (SSSR count). The summed E-state index contributed by atoms with van der Waals surface area (Å²) in [4.78, 5) is 12.7. The molecule has 0 saturated heterocycles. The van der Waals surface area contributed by atoms with Crippen molar-refractivity contribution in [2.24, 2.45) is 0 Å². The first kappa shape index (κ1) is 15.1. The SMILES string of the molecule is O=C1CCCC2=C1[C@@H](c1ccc(O)c(O)c1)c1cc3c(cc1N2)OCO3. The number of rotatable bonds is 1. The van der Waals surface area contributed by atoms with Crippen LogP contribution >= 0.6 is 0 Å². The highest BCUT2D eigenvalue weighted by molar-refractivity contribution is 6.01. The van der Waals surface area contributed by atoms with Gasteiger partial charge in [0.25, 0.3) is 0 Å². The van der Waals surface area contributed by atoms with E-state index in [0.717, 1.165) is 40.9 Å². The lowest BCUT2D eigenvalue weighted by molar-refractivity contribution is -0.116. The Morgan fingerprint density at radius 1 is 1.00 bits per heavy atom. The summed E-state index contributed by atoms with van der Waals surface area (Å²) in [5.74, 6) is 0.724. The van der Waals surface area contributed by atoms with Gasteiger partial charge in [0.1, 0.15) is 0 Å². The lowest BCUT2D eigenvalue weighted by Gasteiger charge is -2.34. The van der Waals surface area contributed by atoms with E-state index in [1.165, 1.54) is 12.1 Å². The molecule has 0 amide bonds. The predicted molar refractivity (Wildman–Crippen MR) is 93.7 cm³/mol. The van der Waals surface area contributed by atoms with Crippen molar-refractivity contribution in [2.45, 2.75) is 25.2 Å². The summed E-state index contributed by atoms with van der Waals surface area (Å²) in [7, 11) is 0. The molecule has 0 aromatic heterocycles. The van der Waals surface area contributed by atoms with Crippen LogP contribution in [-0.4, -0.2) is 22.8 Å². The van der Waals surface area contributed by atoms with Crippen molar-refractivity contribution in [3.8, 4) is 23.0 Å². The van der Waals surface area contributed by atoms with E-state index in [9.17, 15) is 15.0 Å². The smallest absolute Gasteiger partial charge is 0.231 e. The van der Waals surface area contributed by atoms with Crippen molar-refractivity contribution >= 4 is 11.5 Å². The van der Waals surface area contributed by atoms with Crippen LogP contribution in [0.4, 0.5) is 5.69 Å². The minimum Gasteiger partial charge on any atom is -0.504 e. The Kier molecular flexibility index (Phi) is 3.16. The van der Waals surface area contributed by atoms with E-state index in [1.54, 1.807) is 6.07 Å². The maximum atomic E-state index is 12.7. The van der Waals surface area contributed by atoms with Crippen molar-refractivity contribution in [1.29, 1.82) is 0 Å². The molecule has 6 nitrogen and oxygen atoms in total. The molecule has 0 spiro atoms. The fourth-order valence-electron chi connectivity index (χ4n) is 4.02. The van der Waals surface area contributed by atoms with Crippen LogP contribution < -0.4 is 14.8 Å². The number of phenols is 2. The Labute approximate surface area is 149 Å². The normalized spacial score (nSPS) is 20.5. The maximum Gasteiger partial charge on any atom is 0.231 e. The van der Waals surface area contributed by atoms with Crippen molar-refractivity contribution in [3.63, 3.8) is 0 Å². The van der Waals surface area contributed by atoms with Crippen molar-refractivity contribution in [3.05, 3.63) is 52.7 Å². The first-order chi connectivity index (χ1) is 12.6. The summed E-state index contributed by atoms with van der Waals surface area (Å²) in [6.45, 7) is 0.176. The highest BCUT2D eigenvalue weighted by atomic mass is 16.7. The van der Waals surface area contributed by atoms with Crippen LogP contribution in [0.3, 0.4) is 0 Å². The number of hydrogen-bond acceptors (Lipinski definition) is 6. The van der Waals surface area contributed by atoms with Gasteiger partial charge in [0.2, 0.25) is 6.79 Å². The zero-order chi connectivity index (χ0) is 17.8. The fourth-order valence-corrected chi connectivity index (χ4v) is 4.02. The molecule has 2 heterocycles. The van der Waals surface area contributed by atoms with E-state index >= 15 is 0 Å². The zero-order valence-electron chi connectivity index (χ0n) is 13.9. The number of fused-ring (bicyclic) bond motifs is 2. The average Bonchev–Trinajstić information content (AvgIpc) is 3.08. The van der Waals surface area contributed by atoms with Gasteiger partial charge in [-0.3, -0.25) is 4.79 Å². The standard InChI is InChI=1S/C20H17NO5/c22-14-5-4-10(6-16(14)24)19-11-7-17-18(26-9-25-17)8-13(11)21-12-2-1-3-15(23)20(12)19/h4-8,19,21-22,24H,1-3,9H2/t19-/m0/s1. The van der Waals surface area contributed by atoms with Crippen LogP contribution in [0.5, 0.6) is 23.0 Å². The number of Topliss-reactive ketones (excluding diaryl/α,β-unsaturated/α-hetero) is 1. The van der Waals surface area contributed by atoms with Gasteiger partial charge in [0.15, 0.2) is 28.8 Å². The van der Waals surface area contributed by atoms with Gasteiger partial charge in [-0.1, -0.05) is 6.07 Å². The van der Waals surface area contributed by atoms with Crippen LogP contribution in [-0.2, 0) is 4.79 Å². The Bertz CT molecular complexity index is 978. The van der Waals surface area contributed by atoms with Gasteiger partial charge < -0.3 is 25.0 Å². The number of phenolic OH excluding ortho intramolecular Hbond substituents is 2. The molecule has 2 aromatic carbocycles. The van der Waals surface area contributed by atoms with Gasteiger partial charge in [-0.2, -0.15) is 0 Å². The summed E-state index contributed by atoms with van der Waals surface area (Å²) in [5.41, 5.74) is 4.18. The molecular formula is C20H17NO5. The number of nitrogens with one attached hydrogen (secondary N) is 1. The van der Waals surface area contributed by atoms with Crippen LogP contribution in [0.15, 0.2) is 41.6 Å². The Balaban J connectivity index is 1.74. The zero-order valence-corrected chi connectivity index (χ0v) is 13.9. The van der Waals surface area contributed by atoms with E-state index in [-0.39, 0.29) is 30.0 Å². The number of aromatic hydroxyl groups is 2. The third-order valence-electron chi connectivity index (χ3n) is 5.22. The molecule has 3 N–H and O–H groups in total. The van der Waals surface area contributed by atoms with Crippen molar-refractivity contribution < 1.29 is 24.5 Å². The van der Waals surface area contributed by atoms with Gasteiger partial charge in [-0.15, -0.1) is 0 Å². The van der Waals surface area contributed by atoms with Gasteiger partial charge in [-0.25, -0.2) is 0 Å². The number of anilines is 1. The van der Waals surface area contributed by atoms with Crippen molar-refractivity contribution in [2.75, 3.05) is 12.1 Å². The van der Waals surface area contributed by atoms with E-state index in [0.29, 0.717) is 17.9 Å². The molecule has 1 atom stereocenters. The lowest BCUT2D eigenvalue weighted by atomic mass is 9.75. The molecule has 132 valence electrons. The maximum absolute atomic E-state index is 12.7. The fraction of sp³-hybridized carbons (Fsp3) is 0.250. The Morgan fingerprint density at radius 2 is 1.81 bits per heavy atom. The number of hydrogen-bond donors (Lipinski definition) is 3. The highest BCUT2D eigenvalue weighted by Crippen LogP contribution is 2.50. The molecule has 1 aliphatic carbocycles. The summed E-state index contributed by atoms with van der Waals surface area (Å²) in [5, 5.41) is 23.1. The van der Waals surface area contributed by atoms with Crippen molar-refractivity contribution in [1.82, 2.24) is 0 Å². The number of ketones is 1. The van der Waals surface area contributed by atoms with Gasteiger partial charge >= 0.3 is 0 Å². The topological polar surface area (TPSA) is 88.0 Å². The Morgan fingerprint density at radius 3 is 2.62 bits per heavy atom. The molecule has 2 aliphatic heterocycles. The van der Waals surface area contributed by atoms with Gasteiger partial charge in [-0.05, 0) is 42.2 Å². The number of benzene rings is 2. The quantitative estimate of drug-likeness (QED) is 0.683. The van der Waals surface area contributed by atoms with Gasteiger partial charge in [0.05, 0.1) is 0 Å². The largest absolute Gasteiger partial charge is 0.504 e. The van der Waals surface area contributed by atoms with E-state index in [2.05, 4.69) is 5.32 Å². The summed E-state index contributed by atoms with van der Waals surface area (Å²) >= 11 is 0. The molecule has 0 fully saturated rings. The van der Waals surface area contributed by atoms with Crippen LogP contribution in [0.1, 0.15) is 36.3 Å². The molecule has 0 bridgehead atoms. The molecule has 6 heteroatoms. The monoisotopic (exact) mass is 351 g/mol. The minimum absolute atomic E-state index is 0.111. The first-order valence-corrected chi connectivity index (χ1v) is 8.60. The summed E-state index contributed by atoms with van der Waals surface area (Å²) in [6, 6.07) is 8.50. The average molecular weight is 351 g/mol. The second-order valence-electron chi connectivity index (χ2n) is 6.77. The lowest BCUT2D eigenvalue weighted by Crippen LogP contribution is -2.26. The molecule has 26 heavy (non-hydrogen) atoms. The third-order valence-corrected chi connectivity index (χ3v) is 5.22. The third kappa shape index (κ3) is 2.15. The number of carbonyl (C=O) groups is 1. The first-order valence-electron chi connectivity index (χ1n) is 8.60. The van der Waals surface area contributed by atoms with Crippen LogP contribution in [0.2, 0.25) is 0 Å². The van der Waals surface area contributed by atoms with E-state index in [4.69, 9.17) is 9.47 Å². The van der Waals surface area contributed by atoms with E-state index in [1.807, 2.05) is 12.1 Å². The van der Waals surface area contributed by atoms with Crippen LogP contribution in [0, 0.1) is 0 Å². The number of carbonyl (C=O) groups excluding carboxylic acids is 1.